The summed E-state index contributed by atoms with van der Waals surface area (Å²) in [4.78, 5) is 13.6. The molecule has 2 aliphatic rings. The molecule has 3 atom stereocenters. The Bertz CT molecular complexity index is 265. The molecule has 3 N–H and O–H groups in total. The van der Waals surface area contributed by atoms with Gasteiger partial charge in [-0.1, -0.05) is 12.2 Å². The number of nitrogens with two attached hydrogens (primary N) is 1. The summed E-state index contributed by atoms with van der Waals surface area (Å²) in [6, 6.07) is 0.0245. The van der Waals surface area contributed by atoms with Crippen molar-refractivity contribution in [1.29, 1.82) is 0 Å². The van der Waals surface area contributed by atoms with Crippen LogP contribution in [0.15, 0.2) is 12.2 Å². The fourth-order valence-electron chi connectivity index (χ4n) is 2.09. The van der Waals surface area contributed by atoms with E-state index in [0.29, 0.717) is 25.9 Å². The summed E-state index contributed by atoms with van der Waals surface area (Å²) in [6.45, 7) is 1.16. The Morgan fingerprint density at radius 3 is 2.79 bits per heavy atom. The van der Waals surface area contributed by atoms with Crippen LogP contribution < -0.4 is 5.73 Å². The van der Waals surface area contributed by atoms with Crippen LogP contribution in [0.2, 0.25) is 0 Å². The molecule has 0 radical (unpaired) electrons. The molecule has 1 aliphatic heterocycles. The van der Waals surface area contributed by atoms with Crippen molar-refractivity contribution in [2.24, 2.45) is 11.7 Å². The Labute approximate surface area is 83.4 Å². The van der Waals surface area contributed by atoms with Gasteiger partial charge in [-0.05, 0) is 12.8 Å². The molecule has 3 unspecified atom stereocenters. The number of hydrogen-bond acceptors (Lipinski definition) is 3. The summed E-state index contributed by atoms with van der Waals surface area (Å²) in [6.07, 6.45) is 4.85. The third-order valence-electron chi connectivity index (χ3n) is 2.91. The van der Waals surface area contributed by atoms with Crippen molar-refractivity contribution < 1.29 is 9.90 Å². The molecule has 0 spiro atoms. The van der Waals surface area contributed by atoms with E-state index in [0.717, 1.165) is 0 Å². The number of β-amino-alcohol motifs (C(OH)–C–C–N with tert-alkyl or cyclic N) is 1. The molecule has 1 aliphatic carbocycles. The van der Waals surface area contributed by atoms with Crippen molar-refractivity contribution in [3.63, 3.8) is 0 Å². The van der Waals surface area contributed by atoms with Crippen LogP contribution in [-0.4, -0.2) is 41.1 Å². The molecule has 78 valence electrons. The van der Waals surface area contributed by atoms with Gasteiger partial charge in [-0.2, -0.15) is 0 Å². The van der Waals surface area contributed by atoms with E-state index in [9.17, 15) is 9.90 Å². The summed E-state index contributed by atoms with van der Waals surface area (Å²) >= 11 is 0. The highest BCUT2D eigenvalue weighted by molar-refractivity contribution is 5.81. The molecule has 1 amide bonds. The Morgan fingerprint density at radius 1 is 1.50 bits per heavy atom. The number of likely N-dealkylation sites (tertiary alicyclic amines) is 1. The van der Waals surface area contributed by atoms with Gasteiger partial charge in [0.1, 0.15) is 0 Å². The highest BCUT2D eigenvalue weighted by Crippen LogP contribution is 2.21. The monoisotopic (exact) mass is 196 g/mol. The summed E-state index contributed by atoms with van der Waals surface area (Å²) in [5.41, 5.74) is 5.68. The van der Waals surface area contributed by atoms with E-state index < -0.39 is 0 Å². The van der Waals surface area contributed by atoms with Gasteiger partial charge in [0, 0.05) is 19.1 Å². The minimum absolute atomic E-state index is 0.0245. The molecule has 14 heavy (non-hydrogen) atoms. The first-order chi connectivity index (χ1) is 6.66. The van der Waals surface area contributed by atoms with Crippen LogP contribution in [0.1, 0.15) is 12.8 Å². The number of hydrogen-bond donors (Lipinski definition) is 2. The van der Waals surface area contributed by atoms with Gasteiger partial charge in [-0.15, -0.1) is 0 Å². The smallest absolute Gasteiger partial charge is 0.229 e. The fourth-order valence-corrected chi connectivity index (χ4v) is 2.09. The first-order valence-corrected chi connectivity index (χ1v) is 5.07. The van der Waals surface area contributed by atoms with Crippen molar-refractivity contribution in [2.75, 3.05) is 13.1 Å². The Hall–Kier alpha value is -0.870. The van der Waals surface area contributed by atoms with E-state index >= 15 is 0 Å². The lowest BCUT2D eigenvalue weighted by molar-refractivity contribution is -0.133. The van der Waals surface area contributed by atoms with E-state index in [4.69, 9.17) is 5.73 Å². The molecule has 1 heterocycles. The zero-order chi connectivity index (χ0) is 10.1. The second kappa shape index (κ2) is 3.71. The maximum absolute atomic E-state index is 11.8. The van der Waals surface area contributed by atoms with Gasteiger partial charge in [0.25, 0.3) is 0 Å². The zero-order valence-corrected chi connectivity index (χ0v) is 8.10. The van der Waals surface area contributed by atoms with Crippen LogP contribution in [0.4, 0.5) is 0 Å². The highest BCUT2D eigenvalue weighted by atomic mass is 16.3. The normalized spacial score (nSPS) is 36.7. The molecule has 0 aromatic heterocycles. The fraction of sp³-hybridized carbons (Fsp3) is 0.700. The molecule has 1 saturated heterocycles. The maximum atomic E-state index is 11.8. The molecule has 0 aromatic rings. The lowest BCUT2D eigenvalue weighted by atomic mass is 10.1. The second-order valence-electron chi connectivity index (χ2n) is 4.12. The largest absolute Gasteiger partial charge is 0.391 e. The number of rotatable bonds is 1. The molecule has 0 aromatic carbocycles. The predicted molar refractivity (Wildman–Crippen MR) is 52.4 cm³/mol. The molecule has 2 rings (SSSR count). The third-order valence-corrected chi connectivity index (χ3v) is 2.91. The van der Waals surface area contributed by atoms with Gasteiger partial charge >= 0.3 is 0 Å². The van der Waals surface area contributed by atoms with Crippen LogP contribution in [0, 0.1) is 5.92 Å². The number of carbonyl (C=O) groups excluding carboxylic acids is 1. The van der Waals surface area contributed by atoms with Crippen molar-refractivity contribution in [1.82, 2.24) is 4.90 Å². The highest BCUT2D eigenvalue weighted by Gasteiger charge is 2.31. The molecule has 1 fully saturated rings. The molecular formula is C10H16N2O2. The van der Waals surface area contributed by atoms with Gasteiger partial charge in [0.15, 0.2) is 0 Å². The number of nitrogens with zero attached hydrogens (tertiary/aromatic N) is 1. The number of carbonyl (C=O) groups is 1. The van der Waals surface area contributed by atoms with Crippen molar-refractivity contribution in [2.45, 2.75) is 25.0 Å². The molecular weight excluding hydrogens is 180 g/mol. The van der Waals surface area contributed by atoms with Crippen molar-refractivity contribution >= 4 is 5.91 Å². The molecule has 0 saturated carbocycles. The second-order valence-corrected chi connectivity index (χ2v) is 4.12. The van der Waals surface area contributed by atoms with Crippen LogP contribution in [0.5, 0.6) is 0 Å². The maximum Gasteiger partial charge on any atom is 0.229 e. The first-order valence-electron chi connectivity index (χ1n) is 5.07. The standard InChI is InChI=1S/C10H16N2O2/c11-8-2-1-7(5-8)10(14)12-4-3-9(13)6-12/h1-2,7-9,13H,3-6,11H2. The van der Waals surface area contributed by atoms with Crippen LogP contribution in [0.25, 0.3) is 0 Å². The van der Waals surface area contributed by atoms with Gasteiger partial charge in [0.05, 0.1) is 12.0 Å². The average Bonchev–Trinajstić information content (AvgIpc) is 2.73. The van der Waals surface area contributed by atoms with Gasteiger partial charge in [0.2, 0.25) is 5.91 Å². The van der Waals surface area contributed by atoms with Gasteiger partial charge < -0.3 is 15.7 Å². The van der Waals surface area contributed by atoms with E-state index in [1.54, 1.807) is 4.90 Å². The first kappa shape index (κ1) is 9.68. The Kier molecular flexibility index (Phi) is 2.56. The summed E-state index contributed by atoms with van der Waals surface area (Å²) in [7, 11) is 0. The van der Waals surface area contributed by atoms with E-state index in [2.05, 4.69) is 0 Å². The molecule has 0 bridgehead atoms. The van der Waals surface area contributed by atoms with Gasteiger partial charge in [-0.3, -0.25) is 4.79 Å². The van der Waals surface area contributed by atoms with Crippen molar-refractivity contribution in [3.8, 4) is 0 Å². The van der Waals surface area contributed by atoms with Crippen LogP contribution >= 0.6 is 0 Å². The van der Waals surface area contributed by atoms with E-state index in [1.807, 2.05) is 12.2 Å². The lowest BCUT2D eigenvalue weighted by Gasteiger charge is -2.19. The average molecular weight is 196 g/mol. The van der Waals surface area contributed by atoms with Crippen LogP contribution in [-0.2, 0) is 4.79 Å². The Balaban J connectivity index is 1.93. The van der Waals surface area contributed by atoms with Crippen LogP contribution in [0.3, 0.4) is 0 Å². The topological polar surface area (TPSA) is 66.6 Å². The van der Waals surface area contributed by atoms with Crippen molar-refractivity contribution in [3.05, 3.63) is 12.2 Å². The number of amides is 1. The lowest BCUT2D eigenvalue weighted by Crippen LogP contribution is -2.34. The summed E-state index contributed by atoms with van der Waals surface area (Å²) in [5, 5.41) is 9.31. The minimum atomic E-state index is -0.335. The Morgan fingerprint density at radius 2 is 2.29 bits per heavy atom. The number of aliphatic hydroxyl groups is 1. The minimum Gasteiger partial charge on any atom is -0.391 e. The van der Waals surface area contributed by atoms with E-state index in [1.165, 1.54) is 0 Å². The molecule has 4 nitrogen and oxygen atoms in total. The predicted octanol–water partition coefficient (Wildman–Crippen LogP) is -0.517. The summed E-state index contributed by atoms with van der Waals surface area (Å²) in [5.74, 6) is 0.0565. The SMILES string of the molecule is NC1C=CC(C(=O)N2CCC(O)C2)C1. The molecule has 4 heteroatoms. The zero-order valence-electron chi connectivity index (χ0n) is 8.10. The van der Waals surface area contributed by atoms with Gasteiger partial charge in [-0.25, -0.2) is 0 Å². The summed E-state index contributed by atoms with van der Waals surface area (Å²) < 4.78 is 0. The number of aliphatic hydroxyl groups excluding tert-OH is 1. The van der Waals surface area contributed by atoms with E-state index in [-0.39, 0.29) is 24.0 Å². The third kappa shape index (κ3) is 1.81. The quantitative estimate of drug-likeness (QED) is 0.555.